The highest BCUT2D eigenvalue weighted by molar-refractivity contribution is 5.88. The third-order valence-corrected chi connectivity index (χ3v) is 3.14. The van der Waals surface area contributed by atoms with Gasteiger partial charge < -0.3 is 14.2 Å². The van der Waals surface area contributed by atoms with E-state index in [-0.39, 0.29) is 12.1 Å². The van der Waals surface area contributed by atoms with E-state index in [2.05, 4.69) is 4.98 Å². The lowest BCUT2D eigenvalue weighted by Gasteiger charge is -2.12. The van der Waals surface area contributed by atoms with E-state index in [0.29, 0.717) is 11.4 Å². The van der Waals surface area contributed by atoms with Crippen molar-refractivity contribution in [3.05, 3.63) is 51.5 Å². The summed E-state index contributed by atoms with van der Waals surface area (Å²) in [5.41, 5.74) is 0.523. The van der Waals surface area contributed by atoms with Crippen LogP contribution in [0.1, 0.15) is 27.4 Å². The van der Waals surface area contributed by atoms with Crippen LogP contribution < -0.4 is 5.56 Å². The third kappa shape index (κ3) is 2.29. The van der Waals surface area contributed by atoms with E-state index >= 15 is 0 Å². The zero-order valence-electron chi connectivity index (χ0n) is 11.0. The molecule has 0 atom stereocenters. The van der Waals surface area contributed by atoms with E-state index in [1.165, 1.54) is 4.57 Å². The Morgan fingerprint density at radius 3 is 2.63 bits per heavy atom. The lowest BCUT2D eigenvalue weighted by molar-refractivity contribution is 0.0693. The van der Waals surface area contributed by atoms with E-state index in [0.717, 1.165) is 5.69 Å². The van der Waals surface area contributed by atoms with Crippen LogP contribution in [0, 0.1) is 13.8 Å². The Bertz CT molecular complexity index is 698. The first-order chi connectivity index (χ1) is 8.91. The maximum Gasteiger partial charge on any atom is 0.341 e. The molecular weight excluding hydrogens is 246 g/mol. The van der Waals surface area contributed by atoms with Crippen LogP contribution in [-0.4, -0.2) is 25.2 Å². The second kappa shape index (κ2) is 4.72. The molecule has 2 aromatic rings. The van der Waals surface area contributed by atoms with Gasteiger partial charge in [-0.2, -0.15) is 0 Å². The van der Waals surface area contributed by atoms with Gasteiger partial charge in [0.2, 0.25) is 0 Å². The molecule has 0 saturated heterocycles. The van der Waals surface area contributed by atoms with Crippen molar-refractivity contribution in [2.45, 2.75) is 20.4 Å². The number of imidazole rings is 1. The van der Waals surface area contributed by atoms with Gasteiger partial charge in [-0.3, -0.25) is 4.79 Å². The highest BCUT2D eigenvalue weighted by Gasteiger charge is 2.17. The molecule has 0 radical (unpaired) electrons. The van der Waals surface area contributed by atoms with Gasteiger partial charge in [0.05, 0.1) is 6.54 Å². The molecule has 0 bridgehead atoms. The molecule has 2 aromatic heterocycles. The molecule has 0 unspecified atom stereocenters. The highest BCUT2D eigenvalue weighted by Crippen LogP contribution is 2.08. The van der Waals surface area contributed by atoms with Crippen molar-refractivity contribution >= 4 is 5.97 Å². The molecule has 0 aliphatic rings. The predicted octanol–water partition coefficient (Wildman–Crippen LogP) is 0.945. The van der Waals surface area contributed by atoms with E-state index in [1.54, 1.807) is 36.9 Å². The van der Waals surface area contributed by atoms with Crippen molar-refractivity contribution in [3.63, 3.8) is 0 Å². The van der Waals surface area contributed by atoms with Crippen LogP contribution >= 0.6 is 0 Å². The van der Waals surface area contributed by atoms with Crippen LogP contribution in [0.15, 0.2) is 23.3 Å². The molecule has 0 aliphatic heterocycles. The monoisotopic (exact) mass is 261 g/mol. The molecule has 0 saturated carbocycles. The minimum Gasteiger partial charge on any atom is -0.477 e. The van der Waals surface area contributed by atoms with Crippen molar-refractivity contribution in [2.24, 2.45) is 7.05 Å². The fourth-order valence-corrected chi connectivity index (χ4v) is 2.07. The summed E-state index contributed by atoms with van der Waals surface area (Å²) in [4.78, 5) is 27.5. The molecule has 6 nitrogen and oxygen atoms in total. The second-order valence-corrected chi connectivity index (χ2v) is 4.49. The van der Waals surface area contributed by atoms with E-state index < -0.39 is 11.5 Å². The highest BCUT2D eigenvalue weighted by atomic mass is 16.4. The fourth-order valence-electron chi connectivity index (χ4n) is 2.07. The van der Waals surface area contributed by atoms with Gasteiger partial charge in [0.15, 0.2) is 0 Å². The number of aryl methyl sites for hydroxylation is 3. The summed E-state index contributed by atoms with van der Waals surface area (Å²) >= 11 is 0. The molecule has 2 rings (SSSR count). The Labute approximate surface area is 109 Å². The summed E-state index contributed by atoms with van der Waals surface area (Å²) in [7, 11) is 1.83. The standard InChI is InChI=1S/C13H15N3O3/c1-8-6-9(2)16(12(17)11(8)13(18)19)7-10-14-4-5-15(10)3/h4-6H,7H2,1-3H3,(H,18,19). The summed E-state index contributed by atoms with van der Waals surface area (Å²) in [5.74, 6) is -0.499. The first kappa shape index (κ1) is 13.1. The summed E-state index contributed by atoms with van der Waals surface area (Å²) in [6, 6.07) is 1.70. The molecule has 0 aromatic carbocycles. The molecule has 0 amide bonds. The van der Waals surface area contributed by atoms with Crippen LogP contribution in [0.3, 0.4) is 0 Å². The van der Waals surface area contributed by atoms with Gasteiger partial charge in [0, 0.05) is 25.1 Å². The molecule has 0 spiro atoms. The Hall–Kier alpha value is -2.37. The zero-order valence-corrected chi connectivity index (χ0v) is 11.0. The van der Waals surface area contributed by atoms with E-state index in [9.17, 15) is 9.59 Å². The number of hydrogen-bond acceptors (Lipinski definition) is 3. The van der Waals surface area contributed by atoms with Crippen LogP contribution in [0.4, 0.5) is 0 Å². The first-order valence-corrected chi connectivity index (χ1v) is 5.82. The predicted molar refractivity (Wildman–Crippen MR) is 69.4 cm³/mol. The van der Waals surface area contributed by atoms with E-state index in [4.69, 9.17) is 5.11 Å². The Balaban J connectivity index is 2.58. The lowest BCUT2D eigenvalue weighted by atomic mass is 10.1. The summed E-state index contributed by atoms with van der Waals surface area (Å²) in [6.45, 7) is 3.67. The maximum atomic E-state index is 12.2. The number of carbonyl (C=O) groups is 1. The fraction of sp³-hybridized carbons (Fsp3) is 0.308. The number of aromatic nitrogens is 3. The van der Waals surface area contributed by atoms with Crippen LogP contribution in [-0.2, 0) is 13.6 Å². The quantitative estimate of drug-likeness (QED) is 0.892. The SMILES string of the molecule is Cc1cc(C)n(Cc2nccn2C)c(=O)c1C(=O)O. The van der Waals surface area contributed by atoms with Gasteiger partial charge in [0.1, 0.15) is 11.4 Å². The number of aromatic carboxylic acids is 1. The molecule has 0 aliphatic carbocycles. The number of rotatable bonds is 3. The number of carboxylic acid groups (broad SMARTS) is 1. The van der Waals surface area contributed by atoms with Crippen LogP contribution in [0.5, 0.6) is 0 Å². The second-order valence-electron chi connectivity index (χ2n) is 4.49. The molecule has 100 valence electrons. The van der Waals surface area contributed by atoms with Gasteiger partial charge in [-0.25, -0.2) is 9.78 Å². The number of nitrogens with zero attached hydrogens (tertiary/aromatic N) is 3. The minimum atomic E-state index is -1.20. The Morgan fingerprint density at radius 2 is 2.11 bits per heavy atom. The zero-order chi connectivity index (χ0) is 14.2. The smallest absolute Gasteiger partial charge is 0.341 e. The Morgan fingerprint density at radius 1 is 1.42 bits per heavy atom. The lowest BCUT2D eigenvalue weighted by Crippen LogP contribution is -2.30. The maximum absolute atomic E-state index is 12.2. The average Bonchev–Trinajstić information content (AvgIpc) is 2.69. The van der Waals surface area contributed by atoms with Gasteiger partial charge in [-0.05, 0) is 25.5 Å². The van der Waals surface area contributed by atoms with Crippen molar-refractivity contribution in [1.82, 2.24) is 14.1 Å². The summed E-state index contributed by atoms with van der Waals surface area (Å²) in [5, 5.41) is 9.11. The van der Waals surface area contributed by atoms with Crippen molar-refractivity contribution in [2.75, 3.05) is 0 Å². The topological polar surface area (TPSA) is 77.1 Å². The van der Waals surface area contributed by atoms with E-state index in [1.807, 2.05) is 7.05 Å². The molecule has 1 N–H and O–H groups in total. The third-order valence-electron chi connectivity index (χ3n) is 3.14. The van der Waals surface area contributed by atoms with Crippen molar-refractivity contribution in [3.8, 4) is 0 Å². The molecule has 0 fully saturated rings. The largest absolute Gasteiger partial charge is 0.477 e. The molecular formula is C13H15N3O3. The van der Waals surface area contributed by atoms with Gasteiger partial charge >= 0.3 is 5.97 Å². The van der Waals surface area contributed by atoms with Crippen molar-refractivity contribution in [1.29, 1.82) is 0 Å². The minimum absolute atomic E-state index is 0.181. The summed E-state index contributed by atoms with van der Waals surface area (Å²) in [6.07, 6.45) is 3.42. The number of pyridine rings is 1. The number of carboxylic acids is 1. The molecule has 19 heavy (non-hydrogen) atoms. The first-order valence-electron chi connectivity index (χ1n) is 5.82. The molecule has 6 heteroatoms. The summed E-state index contributed by atoms with van der Waals surface area (Å²) < 4.78 is 3.23. The molecule has 2 heterocycles. The van der Waals surface area contributed by atoms with Crippen LogP contribution in [0.2, 0.25) is 0 Å². The van der Waals surface area contributed by atoms with Crippen LogP contribution in [0.25, 0.3) is 0 Å². The number of hydrogen-bond donors (Lipinski definition) is 1. The van der Waals surface area contributed by atoms with Gasteiger partial charge in [-0.1, -0.05) is 0 Å². The van der Waals surface area contributed by atoms with Crippen molar-refractivity contribution < 1.29 is 9.90 Å². The Kier molecular flexibility index (Phi) is 3.25. The average molecular weight is 261 g/mol. The van der Waals surface area contributed by atoms with Gasteiger partial charge in [-0.15, -0.1) is 0 Å². The normalized spacial score (nSPS) is 10.7. The van der Waals surface area contributed by atoms with Gasteiger partial charge in [0.25, 0.3) is 5.56 Å².